The van der Waals surface area contributed by atoms with E-state index in [-0.39, 0.29) is 11.7 Å². The maximum Gasteiger partial charge on any atom is 0.340 e. The fourth-order valence-corrected chi connectivity index (χ4v) is 4.37. The van der Waals surface area contributed by atoms with E-state index < -0.39 is 16.0 Å². The third-order valence-corrected chi connectivity index (χ3v) is 6.60. The van der Waals surface area contributed by atoms with Gasteiger partial charge in [0.05, 0.1) is 29.6 Å². The molecule has 29 heavy (non-hydrogen) atoms. The van der Waals surface area contributed by atoms with Gasteiger partial charge in [-0.25, -0.2) is 13.2 Å². The van der Waals surface area contributed by atoms with E-state index in [9.17, 15) is 18.0 Å². The maximum atomic E-state index is 13.1. The van der Waals surface area contributed by atoms with Crippen LogP contribution in [0.1, 0.15) is 34.6 Å². The first-order chi connectivity index (χ1) is 13.8. The van der Waals surface area contributed by atoms with E-state index in [2.05, 4.69) is 0 Å². The number of benzene rings is 2. The molecule has 8 heteroatoms. The molecule has 3 aromatic rings. The Labute approximate surface area is 169 Å². The monoisotopic (exact) mass is 414 g/mol. The first-order valence-electron chi connectivity index (χ1n) is 9.17. The number of para-hydroxylation sites is 1. The van der Waals surface area contributed by atoms with Crippen LogP contribution in [0, 0.1) is 0 Å². The third kappa shape index (κ3) is 3.75. The fourth-order valence-electron chi connectivity index (χ4n) is 3.23. The second-order valence-electron chi connectivity index (χ2n) is 6.34. The molecule has 0 radical (unpaired) electrons. The molecular weight excluding hydrogens is 392 g/mol. The molecule has 0 spiro atoms. The van der Waals surface area contributed by atoms with Gasteiger partial charge in [-0.05, 0) is 44.2 Å². The molecule has 1 aromatic heterocycles. The molecule has 0 aliphatic rings. The number of ether oxygens (including phenoxy) is 1. The van der Waals surface area contributed by atoms with E-state index in [1.807, 2.05) is 0 Å². The van der Waals surface area contributed by atoms with Gasteiger partial charge in [0.15, 0.2) is 0 Å². The highest BCUT2D eigenvalue weighted by Gasteiger charge is 2.21. The van der Waals surface area contributed by atoms with Gasteiger partial charge in [0.1, 0.15) is 0 Å². The van der Waals surface area contributed by atoms with Crippen LogP contribution < -0.4 is 4.31 Å². The van der Waals surface area contributed by atoms with Crippen LogP contribution in [0.25, 0.3) is 10.9 Å². The lowest BCUT2D eigenvalue weighted by Gasteiger charge is -2.22. The van der Waals surface area contributed by atoms with Crippen molar-refractivity contribution in [3.8, 4) is 0 Å². The summed E-state index contributed by atoms with van der Waals surface area (Å²) in [5.41, 5.74) is 1.76. The van der Waals surface area contributed by atoms with Gasteiger partial charge in [0.25, 0.3) is 5.91 Å². The third-order valence-electron chi connectivity index (χ3n) is 4.73. The van der Waals surface area contributed by atoms with Crippen molar-refractivity contribution in [3.63, 3.8) is 0 Å². The number of methoxy groups -OCH3 is 1. The lowest BCUT2D eigenvalue weighted by Crippen LogP contribution is -2.32. The second-order valence-corrected chi connectivity index (χ2v) is 8.52. The zero-order valence-electron chi connectivity index (χ0n) is 16.5. The van der Waals surface area contributed by atoms with Crippen molar-refractivity contribution in [1.82, 2.24) is 4.57 Å². The summed E-state index contributed by atoms with van der Waals surface area (Å²) in [5, 5.41) is 0.621. The number of hydrogen-bond donors (Lipinski definition) is 0. The topological polar surface area (TPSA) is 85.7 Å². The molecule has 7 nitrogen and oxygen atoms in total. The highest BCUT2D eigenvalue weighted by Crippen LogP contribution is 2.24. The molecule has 0 N–H and O–H groups in total. The second kappa shape index (κ2) is 8.08. The fraction of sp³-hybridized carbons (Fsp3) is 0.238. The van der Waals surface area contributed by atoms with Gasteiger partial charge in [0.2, 0.25) is 10.0 Å². The van der Waals surface area contributed by atoms with Gasteiger partial charge in [-0.2, -0.15) is 0 Å². The molecular formula is C21H22N2O5S. The Morgan fingerprint density at radius 3 is 2.28 bits per heavy atom. The van der Waals surface area contributed by atoms with E-state index >= 15 is 0 Å². The van der Waals surface area contributed by atoms with Crippen molar-refractivity contribution in [2.24, 2.45) is 0 Å². The minimum atomic E-state index is -3.39. The van der Waals surface area contributed by atoms with Crippen LogP contribution in [-0.2, 0) is 14.8 Å². The summed E-state index contributed by atoms with van der Waals surface area (Å²) < 4.78 is 32.0. The summed E-state index contributed by atoms with van der Waals surface area (Å²) in [6.07, 6.45) is 1.46. The highest BCUT2D eigenvalue weighted by molar-refractivity contribution is 7.92. The predicted octanol–water partition coefficient (Wildman–Crippen LogP) is 3.29. The van der Waals surface area contributed by atoms with E-state index in [4.69, 9.17) is 4.74 Å². The van der Waals surface area contributed by atoms with Crippen LogP contribution >= 0.6 is 0 Å². The summed E-state index contributed by atoms with van der Waals surface area (Å²) in [6.45, 7) is 3.65. The summed E-state index contributed by atoms with van der Waals surface area (Å²) in [5.74, 6) is -0.858. The maximum absolute atomic E-state index is 13.1. The molecule has 0 aliphatic heterocycles. The van der Waals surface area contributed by atoms with Gasteiger partial charge in [-0.3, -0.25) is 13.7 Å². The number of anilines is 1. The Morgan fingerprint density at radius 1 is 1.03 bits per heavy atom. The molecule has 0 unspecified atom stereocenters. The van der Waals surface area contributed by atoms with Crippen molar-refractivity contribution in [3.05, 3.63) is 65.9 Å². The zero-order chi connectivity index (χ0) is 21.2. The van der Waals surface area contributed by atoms with Crippen molar-refractivity contribution in [2.75, 3.05) is 23.7 Å². The first kappa shape index (κ1) is 20.6. The molecule has 0 atom stereocenters. The molecule has 0 amide bonds. The van der Waals surface area contributed by atoms with Crippen LogP contribution in [0.2, 0.25) is 0 Å². The first-order valence-corrected chi connectivity index (χ1v) is 10.8. The largest absolute Gasteiger partial charge is 0.465 e. The number of carbonyl (C=O) groups is 2. The predicted molar refractivity (Wildman–Crippen MR) is 112 cm³/mol. The smallest absolute Gasteiger partial charge is 0.340 e. The average molecular weight is 414 g/mol. The number of rotatable bonds is 6. The number of sulfonamides is 1. The minimum absolute atomic E-state index is 0.00676. The Morgan fingerprint density at radius 2 is 1.69 bits per heavy atom. The van der Waals surface area contributed by atoms with Crippen molar-refractivity contribution < 1.29 is 22.7 Å². The molecule has 152 valence electrons. The molecule has 0 bridgehead atoms. The summed E-state index contributed by atoms with van der Waals surface area (Å²) in [7, 11) is -2.10. The lowest BCUT2D eigenvalue weighted by atomic mass is 10.1. The molecule has 0 fully saturated rings. The van der Waals surface area contributed by atoms with E-state index in [0.29, 0.717) is 34.3 Å². The van der Waals surface area contributed by atoms with Crippen LogP contribution in [0.4, 0.5) is 5.69 Å². The zero-order valence-corrected chi connectivity index (χ0v) is 17.3. The lowest BCUT2D eigenvalue weighted by molar-refractivity contribution is 0.0603. The minimum Gasteiger partial charge on any atom is -0.465 e. The van der Waals surface area contributed by atoms with Gasteiger partial charge in [0, 0.05) is 23.7 Å². The number of nitrogens with zero attached hydrogens (tertiary/aromatic N) is 2. The number of carbonyl (C=O) groups excluding carboxylic acids is 2. The van der Waals surface area contributed by atoms with E-state index in [1.165, 1.54) is 22.2 Å². The summed E-state index contributed by atoms with van der Waals surface area (Å²) in [6, 6.07) is 13.4. The summed E-state index contributed by atoms with van der Waals surface area (Å²) >= 11 is 0. The van der Waals surface area contributed by atoms with Crippen molar-refractivity contribution in [1.29, 1.82) is 0 Å². The van der Waals surface area contributed by atoms with Gasteiger partial charge in [-0.15, -0.1) is 0 Å². The van der Waals surface area contributed by atoms with E-state index in [1.54, 1.807) is 62.4 Å². The van der Waals surface area contributed by atoms with E-state index in [0.717, 1.165) is 0 Å². The van der Waals surface area contributed by atoms with Crippen LogP contribution in [-0.4, -0.2) is 44.3 Å². The van der Waals surface area contributed by atoms with Crippen molar-refractivity contribution in [2.45, 2.75) is 13.8 Å². The molecule has 0 saturated carbocycles. The normalized spacial score (nSPS) is 11.4. The number of esters is 1. The summed E-state index contributed by atoms with van der Waals surface area (Å²) in [4.78, 5) is 25.1. The molecule has 3 rings (SSSR count). The Bertz CT molecular complexity index is 1160. The van der Waals surface area contributed by atoms with Gasteiger partial charge >= 0.3 is 5.97 Å². The Balaban J connectivity index is 2.01. The van der Waals surface area contributed by atoms with Gasteiger partial charge < -0.3 is 4.74 Å². The number of fused-ring (bicyclic) bond motifs is 1. The Kier molecular flexibility index (Phi) is 5.74. The highest BCUT2D eigenvalue weighted by atomic mass is 32.2. The Hall–Kier alpha value is -3.13. The quantitative estimate of drug-likeness (QED) is 0.578. The van der Waals surface area contributed by atoms with Crippen LogP contribution in [0.3, 0.4) is 0 Å². The van der Waals surface area contributed by atoms with Crippen LogP contribution in [0.5, 0.6) is 0 Å². The van der Waals surface area contributed by atoms with Crippen molar-refractivity contribution >= 4 is 38.5 Å². The number of hydrogen-bond acceptors (Lipinski definition) is 5. The standard InChI is InChI=1S/C21H22N2O5S/c1-4-23(29(26,27)5-2)16-12-10-15(11-13-16)20(24)22-14-18(21(25)28-3)17-8-6-7-9-19(17)22/h6-14H,4-5H2,1-3H3. The average Bonchev–Trinajstić information content (AvgIpc) is 3.13. The molecule has 2 aromatic carbocycles. The van der Waals surface area contributed by atoms with Crippen LogP contribution in [0.15, 0.2) is 54.7 Å². The molecule has 0 saturated heterocycles. The number of aromatic nitrogens is 1. The molecule has 1 heterocycles. The SMILES string of the molecule is CCN(c1ccc(C(=O)n2cc(C(=O)OC)c3ccccc32)cc1)S(=O)(=O)CC. The van der Waals surface area contributed by atoms with Gasteiger partial charge in [-0.1, -0.05) is 18.2 Å². The molecule has 0 aliphatic carbocycles.